The van der Waals surface area contributed by atoms with E-state index in [1.807, 2.05) is 50.2 Å². The molecule has 1 aromatic heterocycles. The number of aryl methyl sites for hydroxylation is 2. The number of nitrogens with one attached hydrogen (secondary N) is 1. The zero-order chi connectivity index (χ0) is 18.7. The fraction of sp³-hybridized carbons (Fsp3) is 0.227. The molecule has 26 heavy (non-hydrogen) atoms. The third-order valence-corrected chi connectivity index (χ3v) is 4.47. The van der Waals surface area contributed by atoms with E-state index in [2.05, 4.69) is 41.5 Å². The molecule has 132 valence electrons. The van der Waals surface area contributed by atoms with Crippen LogP contribution in [-0.4, -0.2) is 17.1 Å². The smallest absolute Gasteiger partial charge is 0.267 e. The van der Waals surface area contributed by atoms with Gasteiger partial charge in [0.05, 0.1) is 23.0 Å². The predicted molar refractivity (Wildman–Crippen MR) is 107 cm³/mol. The summed E-state index contributed by atoms with van der Waals surface area (Å²) in [5.74, 6) is 0.237. The van der Waals surface area contributed by atoms with Crippen molar-refractivity contribution in [2.45, 2.75) is 33.6 Å². The van der Waals surface area contributed by atoms with Gasteiger partial charge in [0, 0.05) is 5.39 Å². The van der Waals surface area contributed by atoms with Crippen molar-refractivity contribution in [3.63, 3.8) is 0 Å². The molecule has 0 aliphatic carbocycles. The van der Waals surface area contributed by atoms with Crippen LogP contribution in [0.4, 0.5) is 0 Å². The first-order valence-electron chi connectivity index (χ1n) is 8.76. The van der Waals surface area contributed by atoms with Gasteiger partial charge in [0.15, 0.2) is 0 Å². The van der Waals surface area contributed by atoms with Gasteiger partial charge >= 0.3 is 0 Å². The van der Waals surface area contributed by atoms with Crippen LogP contribution in [0.15, 0.2) is 53.6 Å². The Labute approximate surface area is 154 Å². The monoisotopic (exact) mass is 345 g/mol. The van der Waals surface area contributed by atoms with Crippen molar-refractivity contribution in [1.29, 1.82) is 0 Å². The largest absolute Gasteiger partial charge is 0.273 e. The van der Waals surface area contributed by atoms with E-state index in [1.54, 1.807) is 6.21 Å². The number of carbonyl (C=O) groups excluding carboxylic acids is 1. The summed E-state index contributed by atoms with van der Waals surface area (Å²) < 4.78 is 0. The number of fused-ring (bicyclic) bond motifs is 1. The van der Waals surface area contributed by atoms with Crippen molar-refractivity contribution < 1.29 is 4.79 Å². The zero-order valence-electron chi connectivity index (χ0n) is 15.6. The molecule has 1 N–H and O–H groups in total. The topological polar surface area (TPSA) is 54.4 Å². The van der Waals surface area contributed by atoms with Crippen molar-refractivity contribution in [3.05, 3.63) is 76.5 Å². The Hall–Kier alpha value is -3.01. The third kappa shape index (κ3) is 3.80. The summed E-state index contributed by atoms with van der Waals surface area (Å²) in [5, 5.41) is 5.03. The Morgan fingerprint density at radius 2 is 1.85 bits per heavy atom. The molecule has 0 fully saturated rings. The molecule has 0 unspecified atom stereocenters. The molecule has 0 aliphatic rings. The molecule has 0 aliphatic heterocycles. The van der Waals surface area contributed by atoms with Crippen molar-refractivity contribution in [2.24, 2.45) is 5.10 Å². The zero-order valence-corrected chi connectivity index (χ0v) is 15.6. The van der Waals surface area contributed by atoms with Gasteiger partial charge in [-0.1, -0.05) is 56.3 Å². The fourth-order valence-electron chi connectivity index (χ4n) is 2.86. The number of aromatic nitrogens is 1. The van der Waals surface area contributed by atoms with Crippen molar-refractivity contribution in [1.82, 2.24) is 10.4 Å². The Bertz CT molecular complexity index is 973. The van der Waals surface area contributed by atoms with Crippen LogP contribution < -0.4 is 5.43 Å². The van der Waals surface area contributed by atoms with Crippen LogP contribution in [0.1, 0.15) is 52.5 Å². The van der Waals surface area contributed by atoms with Gasteiger partial charge in [-0.2, -0.15) is 5.10 Å². The molecule has 3 aromatic rings. The molecule has 4 nitrogen and oxygen atoms in total. The summed E-state index contributed by atoms with van der Waals surface area (Å²) in [5.41, 5.74) is 8.07. The fourth-order valence-corrected chi connectivity index (χ4v) is 2.86. The molecule has 0 saturated carbocycles. The second-order valence-electron chi connectivity index (χ2n) is 6.79. The molecule has 2 aromatic carbocycles. The van der Waals surface area contributed by atoms with Crippen molar-refractivity contribution in [2.75, 3.05) is 0 Å². The Kier molecular flexibility index (Phi) is 5.12. The maximum absolute atomic E-state index is 12.5. The lowest BCUT2D eigenvalue weighted by molar-refractivity contribution is 0.0954. The molecule has 0 spiro atoms. The molecule has 4 heteroatoms. The van der Waals surface area contributed by atoms with E-state index in [0.717, 1.165) is 22.0 Å². The summed E-state index contributed by atoms with van der Waals surface area (Å²) >= 11 is 0. The first-order chi connectivity index (χ1) is 12.5. The van der Waals surface area contributed by atoms with Gasteiger partial charge < -0.3 is 0 Å². The quantitative estimate of drug-likeness (QED) is 0.548. The number of pyridine rings is 1. The summed E-state index contributed by atoms with van der Waals surface area (Å²) in [6.07, 6.45) is 1.65. The van der Waals surface area contributed by atoms with Crippen LogP contribution in [0.2, 0.25) is 0 Å². The van der Waals surface area contributed by atoms with E-state index in [9.17, 15) is 4.79 Å². The second-order valence-corrected chi connectivity index (χ2v) is 6.79. The van der Waals surface area contributed by atoms with Gasteiger partial charge in [0.25, 0.3) is 5.91 Å². The van der Waals surface area contributed by atoms with E-state index in [4.69, 9.17) is 0 Å². The van der Waals surface area contributed by atoms with Crippen LogP contribution in [0.3, 0.4) is 0 Å². The molecule has 3 rings (SSSR count). The lowest BCUT2D eigenvalue weighted by atomic mass is 10.0. The van der Waals surface area contributed by atoms with E-state index < -0.39 is 0 Å². The van der Waals surface area contributed by atoms with Crippen LogP contribution in [0.5, 0.6) is 0 Å². The van der Waals surface area contributed by atoms with Crippen LogP contribution in [0, 0.1) is 13.8 Å². The summed E-state index contributed by atoms with van der Waals surface area (Å²) in [6.45, 7) is 8.17. The van der Waals surface area contributed by atoms with Gasteiger partial charge in [-0.15, -0.1) is 0 Å². The molecular weight excluding hydrogens is 322 g/mol. The normalized spacial score (nSPS) is 11.4. The minimum absolute atomic E-state index is 0.256. The first kappa shape index (κ1) is 17.8. The molecule has 0 atom stereocenters. The molecule has 0 saturated heterocycles. The second kappa shape index (κ2) is 7.48. The number of nitrogens with zero attached hydrogens (tertiary/aromatic N) is 2. The van der Waals surface area contributed by atoms with Gasteiger partial charge in [0.1, 0.15) is 0 Å². The highest BCUT2D eigenvalue weighted by Crippen LogP contribution is 2.19. The number of hydrogen-bond donors (Lipinski definition) is 1. The van der Waals surface area contributed by atoms with E-state index in [1.165, 1.54) is 5.56 Å². The predicted octanol–water partition coefficient (Wildman–Crippen LogP) is 4.74. The van der Waals surface area contributed by atoms with Crippen molar-refractivity contribution in [3.8, 4) is 0 Å². The van der Waals surface area contributed by atoms with Crippen LogP contribution in [0.25, 0.3) is 10.9 Å². The number of rotatable bonds is 4. The molecule has 0 radical (unpaired) electrons. The average molecular weight is 345 g/mol. The minimum atomic E-state index is -0.256. The van der Waals surface area contributed by atoms with Gasteiger partial charge in [-0.05, 0) is 42.5 Å². The Morgan fingerprint density at radius 1 is 1.12 bits per heavy atom. The Balaban J connectivity index is 1.75. The number of amides is 1. The van der Waals surface area contributed by atoms with E-state index >= 15 is 0 Å². The van der Waals surface area contributed by atoms with Gasteiger partial charge in [-0.3, -0.25) is 9.78 Å². The maximum atomic E-state index is 12.5. The molecule has 1 heterocycles. The van der Waals surface area contributed by atoms with Gasteiger partial charge in [-0.25, -0.2) is 5.43 Å². The number of benzene rings is 2. The summed E-state index contributed by atoms with van der Waals surface area (Å²) in [7, 11) is 0. The first-order valence-corrected chi connectivity index (χ1v) is 8.76. The highest BCUT2D eigenvalue weighted by Gasteiger charge is 2.11. The maximum Gasteiger partial charge on any atom is 0.273 e. The SMILES string of the molecule is Cc1nc2c(C)cccc2cc1C(=O)NN=Cc1ccc(C(C)C)cc1. The molecule has 0 bridgehead atoms. The minimum Gasteiger partial charge on any atom is -0.267 e. The average Bonchev–Trinajstić information content (AvgIpc) is 2.62. The van der Waals surface area contributed by atoms with Crippen LogP contribution in [-0.2, 0) is 0 Å². The highest BCUT2D eigenvalue weighted by molar-refractivity contribution is 5.99. The lowest BCUT2D eigenvalue weighted by Gasteiger charge is -2.08. The summed E-state index contributed by atoms with van der Waals surface area (Å²) in [4.78, 5) is 17.0. The number of para-hydroxylation sites is 1. The van der Waals surface area contributed by atoms with E-state index in [-0.39, 0.29) is 5.91 Å². The van der Waals surface area contributed by atoms with Crippen LogP contribution >= 0.6 is 0 Å². The molecular formula is C22H23N3O. The number of carbonyl (C=O) groups is 1. The third-order valence-electron chi connectivity index (χ3n) is 4.47. The van der Waals surface area contributed by atoms with Gasteiger partial charge in [0.2, 0.25) is 0 Å². The summed E-state index contributed by atoms with van der Waals surface area (Å²) in [6, 6.07) is 16.0. The van der Waals surface area contributed by atoms with Crippen molar-refractivity contribution >= 4 is 23.0 Å². The Morgan fingerprint density at radius 3 is 2.54 bits per heavy atom. The number of hydrogen-bond acceptors (Lipinski definition) is 3. The standard InChI is InChI=1S/C22H23N3O/c1-14(2)18-10-8-17(9-11-18)13-23-25-22(26)20-12-19-7-5-6-15(3)21(19)24-16(20)4/h5-14H,1-4H3,(H,25,26). The van der Waals surface area contributed by atoms with E-state index in [0.29, 0.717) is 17.2 Å². The molecule has 1 amide bonds. The lowest BCUT2D eigenvalue weighted by Crippen LogP contribution is -2.19. The highest BCUT2D eigenvalue weighted by atomic mass is 16.2. The number of hydrazone groups is 1.